The molecule has 1 N–H and O–H groups in total. The molecule has 4 rings (SSSR count). The van der Waals surface area contributed by atoms with Crippen LogP contribution in [0.1, 0.15) is 15.9 Å². The minimum atomic E-state index is -3.51. The lowest BCUT2D eigenvalue weighted by Gasteiger charge is -2.24. The van der Waals surface area contributed by atoms with Crippen LogP contribution in [0.5, 0.6) is 0 Å². The van der Waals surface area contributed by atoms with Gasteiger partial charge in [-0.25, -0.2) is 8.42 Å². The maximum absolute atomic E-state index is 13.3. The molecule has 0 atom stereocenters. The van der Waals surface area contributed by atoms with Crippen LogP contribution in [0, 0.1) is 0 Å². The maximum atomic E-state index is 13.3. The number of rotatable bonds is 5. The molecule has 3 aromatic rings. The number of allylic oxidation sites excluding steroid dienone is 2. The number of halogens is 2. The van der Waals surface area contributed by atoms with Gasteiger partial charge in [0.25, 0.3) is 5.91 Å². The third-order valence-corrected chi connectivity index (χ3v) is 7.15. The number of carbonyl (C=O) groups is 1. The molecule has 34 heavy (non-hydrogen) atoms. The molecule has 174 valence electrons. The highest BCUT2D eigenvalue weighted by Gasteiger charge is 2.20. The van der Waals surface area contributed by atoms with E-state index in [1.54, 1.807) is 24.3 Å². The number of sulfone groups is 1. The maximum Gasteiger partial charge on any atom is 0.256 e. The molecule has 0 saturated heterocycles. The number of hydrogen-bond acceptors (Lipinski definition) is 4. The summed E-state index contributed by atoms with van der Waals surface area (Å²) in [6, 6.07) is 16.8. The van der Waals surface area contributed by atoms with Gasteiger partial charge in [0.1, 0.15) is 0 Å². The van der Waals surface area contributed by atoms with Crippen molar-refractivity contribution in [2.75, 3.05) is 25.2 Å². The highest BCUT2D eigenvalue weighted by molar-refractivity contribution is 7.90. The van der Waals surface area contributed by atoms with Crippen LogP contribution < -0.4 is 5.32 Å². The molecule has 5 nitrogen and oxygen atoms in total. The smallest absolute Gasteiger partial charge is 0.256 e. The van der Waals surface area contributed by atoms with Gasteiger partial charge in [-0.15, -0.1) is 0 Å². The Kier molecular flexibility index (Phi) is 6.84. The Labute approximate surface area is 209 Å². The molecule has 0 radical (unpaired) electrons. The van der Waals surface area contributed by atoms with E-state index in [4.69, 9.17) is 23.2 Å². The summed E-state index contributed by atoms with van der Waals surface area (Å²) in [5.41, 5.74) is 3.75. The molecule has 1 amide bonds. The summed E-state index contributed by atoms with van der Waals surface area (Å²) < 4.78 is 24.4. The van der Waals surface area contributed by atoms with Crippen LogP contribution in [0.25, 0.3) is 16.8 Å². The quantitative estimate of drug-likeness (QED) is 0.444. The van der Waals surface area contributed by atoms with Gasteiger partial charge >= 0.3 is 0 Å². The first kappa shape index (κ1) is 24.1. The van der Waals surface area contributed by atoms with E-state index in [-0.39, 0.29) is 10.5 Å². The van der Waals surface area contributed by atoms with Crippen LogP contribution in [-0.2, 0) is 9.84 Å². The molecule has 1 heterocycles. The van der Waals surface area contributed by atoms with E-state index in [1.807, 2.05) is 37.4 Å². The zero-order valence-corrected chi connectivity index (χ0v) is 20.9. The van der Waals surface area contributed by atoms with Crippen molar-refractivity contribution in [1.82, 2.24) is 4.90 Å². The summed E-state index contributed by atoms with van der Waals surface area (Å²) in [6.07, 6.45) is 7.21. The van der Waals surface area contributed by atoms with Crippen LogP contribution >= 0.6 is 23.2 Å². The second-order valence-corrected chi connectivity index (χ2v) is 10.9. The number of amides is 1. The Balaban J connectivity index is 1.74. The fraction of sp³-hybridized carbons (Fsp3) is 0.115. The van der Waals surface area contributed by atoms with E-state index in [1.165, 1.54) is 18.2 Å². The predicted octanol–water partition coefficient (Wildman–Crippen LogP) is 6.16. The number of nitrogens with one attached hydrogen (secondary N) is 1. The van der Waals surface area contributed by atoms with Crippen molar-refractivity contribution in [2.24, 2.45) is 0 Å². The second kappa shape index (κ2) is 9.66. The van der Waals surface area contributed by atoms with Crippen LogP contribution in [0.3, 0.4) is 0 Å². The van der Waals surface area contributed by atoms with Gasteiger partial charge in [-0.1, -0.05) is 47.5 Å². The van der Waals surface area contributed by atoms with E-state index in [0.717, 1.165) is 24.1 Å². The van der Waals surface area contributed by atoms with Gasteiger partial charge in [0.05, 0.1) is 4.90 Å². The number of carbonyl (C=O) groups excluding carboxylic acids is 1. The monoisotopic (exact) mass is 512 g/mol. The van der Waals surface area contributed by atoms with Crippen molar-refractivity contribution in [2.45, 2.75) is 4.90 Å². The molecule has 0 spiro atoms. The van der Waals surface area contributed by atoms with Gasteiger partial charge in [-0.2, -0.15) is 0 Å². The molecule has 8 heteroatoms. The molecule has 0 saturated carbocycles. The second-order valence-electron chi connectivity index (χ2n) is 8.00. The first-order valence-electron chi connectivity index (χ1n) is 10.4. The van der Waals surface area contributed by atoms with E-state index < -0.39 is 15.7 Å². The minimum absolute atomic E-state index is 0.0809. The molecule has 0 aromatic heterocycles. The number of benzene rings is 3. The summed E-state index contributed by atoms with van der Waals surface area (Å²) >= 11 is 12.6. The number of likely N-dealkylation sites (N-methyl/N-ethyl adjacent to an activating group) is 1. The fourth-order valence-electron chi connectivity index (χ4n) is 3.75. The standard InChI is InChI=1S/C26H22Cl2N2O3S/c1-30-13-4-3-8-25(30)17-6-5-7-19(14-17)29-26(31)21-11-10-20(34(2,32)33)16-22(21)23-15-18(27)9-12-24(23)28/h3-12,14-16H,13H2,1-2H3,(H,29,31). The fourth-order valence-corrected chi connectivity index (χ4v) is 4.79. The molecule has 1 aliphatic rings. The summed E-state index contributed by atoms with van der Waals surface area (Å²) in [5, 5.41) is 3.70. The third kappa shape index (κ3) is 5.20. The Morgan fingerprint density at radius 2 is 1.79 bits per heavy atom. The molecule has 3 aromatic carbocycles. The van der Waals surface area contributed by atoms with Gasteiger partial charge in [0.15, 0.2) is 9.84 Å². The molecule has 0 unspecified atom stereocenters. The summed E-state index contributed by atoms with van der Waals surface area (Å²) in [4.78, 5) is 15.5. The topological polar surface area (TPSA) is 66.5 Å². The van der Waals surface area contributed by atoms with Crippen LogP contribution in [-0.4, -0.2) is 39.1 Å². The van der Waals surface area contributed by atoms with Crippen molar-refractivity contribution in [3.05, 3.63) is 100 Å². The van der Waals surface area contributed by atoms with Crippen LogP contribution in [0.15, 0.2) is 83.8 Å². The largest absolute Gasteiger partial charge is 0.370 e. The summed E-state index contributed by atoms with van der Waals surface area (Å²) in [5.74, 6) is -0.394. The lowest BCUT2D eigenvalue weighted by Crippen LogP contribution is -2.19. The van der Waals surface area contributed by atoms with Crippen molar-refractivity contribution < 1.29 is 13.2 Å². The van der Waals surface area contributed by atoms with Gasteiger partial charge in [-0.05, 0) is 65.7 Å². The van der Waals surface area contributed by atoms with Crippen LogP contribution in [0.4, 0.5) is 5.69 Å². The van der Waals surface area contributed by atoms with Gasteiger partial charge in [-0.3, -0.25) is 4.79 Å². The minimum Gasteiger partial charge on any atom is -0.370 e. The van der Waals surface area contributed by atoms with E-state index in [9.17, 15) is 13.2 Å². The first-order valence-corrected chi connectivity index (χ1v) is 13.1. The van der Waals surface area contributed by atoms with E-state index >= 15 is 0 Å². The van der Waals surface area contributed by atoms with Crippen molar-refractivity contribution in [3.63, 3.8) is 0 Å². The highest BCUT2D eigenvalue weighted by Crippen LogP contribution is 2.35. The predicted molar refractivity (Wildman–Crippen MR) is 139 cm³/mol. The lowest BCUT2D eigenvalue weighted by molar-refractivity contribution is 0.102. The highest BCUT2D eigenvalue weighted by atomic mass is 35.5. The van der Waals surface area contributed by atoms with E-state index in [0.29, 0.717) is 26.9 Å². The lowest BCUT2D eigenvalue weighted by atomic mass is 9.99. The third-order valence-electron chi connectivity index (χ3n) is 5.48. The van der Waals surface area contributed by atoms with Gasteiger partial charge < -0.3 is 10.2 Å². The van der Waals surface area contributed by atoms with Crippen molar-refractivity contribution >= 4 is 50.3 Å². The Morgan fingerprint density at radius 3 is 2.53 bits per heavy atom. The molecule has 0 fully saturated rings. The SMILES string of the molecule is CN1CC=CC=C1c1cccc(NC(=O)c2ccc(S(C)(=O)=O)cc2-c2cc(Cl)ccc2Cl)c1. The number of hydrogen-bond donors (Lipinski definition) is 1. The van der Waals surface area contributed by atoms with E-state index in [2.05, 4.69) is 16.3 Å². The Morgan fingerprint density at radius 1 is 1.00 bits per heavy atom. The number of anilines is 1. The van der Waals surface area contributed by atoms with Crippen molar-refractivity contribution in [1.29, 1.82) is 0 Å². The zero-order valence-electron chi connectivity index (χ0n) is 18.5. The van der Waals surface area contributed by atoms with Gasteiger partial charge in [0.2, 0.25) is 0 Å². The zero-order chi connectivity index (χ0) is 24.5. The van der Waals surface area contributed by atoms with Crippen LogP contribution in [0.2, 0.25) is 10.0 Å². The average molecular weight is 513 g/mol. The Bertz CT molecular complexity index is 1450. The first-order chi connectivity index (χ1) is 16.1. The molecular weight excluding hydrogens is 491 g/mol. The normalized spacial score (nSPS) is 13.5. The molecule has 0 bridgehead atoms. The molecular formula is C26H22Cl2N2O3S. The van der Waals surface area contributed by atoms with Crippen molar-refractivity contribution in [3.8, 4) is 11.1 Å². The average Bonchev–Trinajstić information content (AvgIpc) is 2.80. The number of nitrogens with zero attached hydrogens (tertiary/aromatic N) is 1. The summed E-state index contributed by atoms with van der Waals surface area (Å²) in [7, 11) is -1.50. The van der Waals surface area contributed by atoms with Gasteiger partial charge in [0, 0.05) is 52.4 Å². The Hall–Kier alpha value is -3.06. The molecule has 0 aliphatic carbocycles. The summed E-state index contributed by atoms with van der Waals surface area (Å²) in [6.45, 7) is 0.804. The molecule has 1 aliphatic heterocycles.